The molecule has 5 rings (SSSR count). The number of aromatic nitrogens is 2. The van der Waals surface area contributed by atoms with Crippen molar-refractivity contribution in [2.75, 3.05) is 11.5 Å². The predicted molar refractivity (Wildman–Crippen MR) is 144 cm³/mol. The second-order valence-corrected chi connectivity index (χ2v) is 10.2. The van der Waals surface area contributed by atoms with Crippen molar-refractivity contribution in [3.8, 4) is 5.75 Å². The van der Waals surface area contributed by atoms with Gasteiger partial charge in [0.25, 0.3) is 17.5 Å². The second kappa shape index (κ2) is 11.5. The second-order valence-electron chi connectivity index (χ2n) is 8.35. The molecule has 204 valence electrons. The molecule has 14 nitrogen and oxygen atoms in total. The van der Waals surface area contributed by atoms with Crippen LogP contribution in [-0.4, -0.2) is 59.8 Å². The van der Waals surface area contributed by atoms with Crippen molar-refractivity contribution in [1.82, 2.24) is 19.6 Å². The van der Waals surface area contributed by atoms with Crippen molar-refractivity contribution in [1.29, 1.82) is 0 Å². The van der Waals surface area contributed by atoms with Crippen LogP contribution in [-0.2, 0) is 25.7 Å². The number of non-ortho nitro benzene ring substituents is 1. The van der Waals surface area contributed by atoms with Crippen LogP contribution < -0.4 is 15.9 Å². The largest absolute Gasteiger partial charge is 0.457 e. The summed E-state index contributed by atoms with van der Waals surface area (Å²) in [6, 6.07) is 13.3. The van der Waals surface area contributed by atoms with E-state index in [0.29, 0.717) is 11.3 Å². The normalized spacial score (nSPS) is 18.2. The third-order valence-electron chi connectivity index (χ3n) is 5.70. The van der Waals surface area contributed by atoms with E-state index in [1.165, 1.54) is 47.1 Å². The highest BCUT2D eigenvalue weighted by Gasteiger charge is 2.50. The number of hydrogen-bond donors (Lipinski definition) is 2. The van der Waals surface area contributed by atoms with Gasteiger partial charge >= 0.3 is 5.97 Å². The quantitative estimate of drug-likeness (QED) is 0.123. The van der Waals surface area contributed by atoms with Crippen LogP contribution in [0.4, 0.5) is 10.8 Å². The number of para-hydroxylation sites is 1. The SMILES string of the molecule is Nc1nc(C(=NOc2ccccc2)C(=O)NC2C(=O)N3C=C(C(=O)OCc4ccc([N+](=O)[O-])cc4)CS[C@H]23)ns1. The molecule has 0 saturated carbocycles. The Kier molecular flexibility index (Phi) is 7.70. The lowest BCUT2D eigenvalue weighted by Crippen LogP contribution is -2.69. The first-order valence-electron chi connectivity index (χ1n) is 11.6. The summed E-state index contributed by atoms with van der Waals surface area (Å²) in [6.07, 6.45) is 1.40. The van der Waals surface area contributed by atoms with Gasteiger partial charge in [-0.25, -0.2) is 4.79 Å². The zero-order valence-electron chi connectivity index (χ0n) is 20.3. The molecule has 0 spiro atoms. The number of amides is 2. The summed E-state index contributed by atoms with van der Waals surface area (Å²) in [5, 5.41) is 17.0. The average Bonchev–Trinajstić information content (AvgIpc) is 3.40. The molecule has 2 aliphatic heterocycles. The highest BCUT2D eigenvalue weighted by Crippen LogP contribution is 2.36. The van der Waals surface area contributed by atoms with E-state index >= 15 is 0 Å². The topological polar surface area (TPSA) is 192 Å². The summed E-state index contributed by atoms with van der Waals surface area (Å²) in [5.41, 5.74) is 6.18. The van der Waals surface area contributed by atoms with Gasteiger partial charge < -0.3 is 25.5 Å². The third-order valence-corrected chi connectivity index (χ3v) is 7.57. The van der Waals surface area contributed by atoms with Gasteiger partial charge in [0.15, 0.2) is 10.9 Å². The lowest BCUT2D eigenvalue weighted by atomic mass is 10.1. The van der Waals surface area contributed by atoms with Crippen LogP contribution in [0.1, 0.15) is 11.4 Å². The predicted octanol–water partition coefficient (Wildman–Crippen LogP) is 1.84. The first kappa shape index (κ1) is 26.8. The van der Waals surface area contributed by atoms with Crippen LogP contribution in [0.5, 0.6) is 5.75 Å². The molecule has 1 fully saturated rings. The van der Waals surface area contributed by atoms with E-state index in [-0.39, 0.29) is 40.3 Å². The van der Waals surface area contributed by atoms with Gasteiger partial charge in [-0.3, -0.25) is 19.7 Å². The lowest BCUT2D eigenvalue weighted by Gasteiger charge is -2.47. The molecule has 3 heterocycles. The number of carbonyl (C=O) groups is 3. The molecule has 1 saturated heterocycles. The molecule has 3 aromatic rings. The molecule has 2 aliphatic rings. The van der Waals surface area contributed by atoms with E-state index in [1.807, 2.05) is 0 Å². The Morgan fingerprint density at radius 3 is 2.62 bits per heavy atom. The Morgan fingerprint density at radius 2 is 1.95 bits per heavy atom. The Hall–Kier alpha value is -4.83. The number of nitrogens with two attached hydrogens (primary N) is 1. The minimum Gasteiger partial charge on any atom is -0.457 e. The molecule has 2 atom stereocenters. The summed E-state index contributed by atoms with van der Waals surface area (Å²) in [4.78, 5) is 59.4. The molecule has 40 heavy (non-hydrogen) atoms. The molecule has 2 amide bonds. The van der Waals surface area contributed by atoms with Gasteiger partial charge in [-0.05, 0) is 29.8 Å². The van der Waals surface area contributed by atoms with E-state index in [9.17, 15) is 24.5 Å². The van der Waals surface area contributed by atoms with E-state index in [0.717, 1.165) is 11.5 Å². The number of anilines is 1. The summed E-state index contributed by atoms with van der Waals surface area (Å²) < 4.78 is 9.32. The van der Waals surface area contributed by atoms with Gasteiger partial charge in [-0.2, -0.15) is 9.36 Å². The van der Waals surface area contributed by atoms with Crippen molar-refractivity contribution in [2.24, 2.45) is 5.16 Å². The fourth-order valence-electron chi connectivity index (χ4n) is 3.69. The van der Waals surface area contributed by atoms with Gasteiger partial charge in [0.2, 0.25) is 11.5 Å². The van der Waals surface area contributed by atoms with Gasteiger partial charge in [0.1, 0.15) is 18.0 Å². The summed E-state index contributed by atoms with van der Waals surface area (Å²) in [6.45, 7) is -0.0861. The number of oxime groups is 1. The number of ether oxygens (including phenoxy) is 1. The number of carbonyl (C=O) groups excluding carboxylic acids is 3. The Bertz CT molecular complexity index is 1530. The van der Waals surface area contributed by atoms with Crippen molar-refractivity contribution in [3.63, 3.8) is 0 Å². The Labute approximate surface area is 234 Å². The van der Waals surface area contributed by atoms with Gasteiger partial charge in [-0.15, -0.1) is 11.8 Å². The number of nitro benzene ring substituents is 1. The minimum atomic E-state index is -0.885. The van der Waals surface area contributed by atoms with Crippen LogP contribution in [0.3, 0.4) is 0 Å². The minimum absolute atomic E-state index is 0.0474. The summed E-state index contributed by atoms with van der Waals surface area (Å²) in [7, 11) is 0. The number of β-lactam (4-membered cyclic amide) rings is 1. The fourth-order valence-corrected chi connectivity index (χ4v) is 5.36. The van der Waals surface area contributed by atoms with Gasteiger partial charge in [0.05, 0.1) is 10.5 Å². The molecule has 0 bridgehead atoms. The van der Waals surface area contributed by atoms with Crippen LogP contribution in [0.25, 0.3) is 0 Å². The van der Waals surface area contributed by atoms with Crippen molar-refractivity contribution in [2.45, 2.75) is 18.0 Å². The number of benzene rings is 2. The maximum Gasteiger partial charge on any atom is 0.336 e. The summed E-state index contributed by atoms with van der Waals surface area (Å²) in [5.74, 6) is -1.21. The number of esters is 1. The highest BCUT2D eigenvalue weighted by atomic mass is 32.2. The number of thioether (sulfide) groups is 1. The standard InChI is InChI=1S/C24H19N7O7S2/c25-24-27-19(29-40-24)17(28-38-16-4-2-1-3-5-16)20(32)26-18-21(33)30-10-14(12-39-22(18)30)23(34)37-11-13-6-8-15(9-7-13)31(35)36/h1-10,18,22H,11-12H2,(H,26,32)(H2,25,27,29)/t18?,22-/m1/s1. The number of nitrogen functional groups attached to an aromatic ring is 1. The average molecular weight is 582 g/mol. The van der Waals surface area contributed by atoms with Crippen molar-refractivity contribution >= 4 is 57.6 Å². The first-order valence-corrected chi connectivity index (χ1v) is 13.4. The van der Waals surface area contributed by atoms with E-state index < -0.39 is 34.1 Å². The molecule has 2 aromatic carbocycles. The van der Waals surface area contributed by atoms with E-state index in [2.05, 4.69) is 19.8 Å². The Balaban J connectivity index is 1.21. The fraction of sp³-hybridized carbons (Fsp3) is 0.167. The molecular weight excluding hydrogens is 562 g/mol. The Morgan fingerprint density at radius 1 is 1.20 bits per heavy atom. The van der Waals surface area contributed by atoms with Gasteiger partial charge in [0, 0.05) is 35.6 Å². The van der Waals surface area contributed by atoms with Crippen LogP contribution in [0.2, 0.25) is 0 Å². The van der Waals surface area contributed by atoms with E-state index in [1.54, 1.807) is 30.3 Å². The molecular formula is C24H19N7O7S2. The monoisotopic (exact) mass is 581 g/mol. The summed E-state index contributed by atoms with van der Waals surface area (Å²) >= 11 is 2.16. The number of nitrogens with zero attached hydrogens (tertiary/aromatic N) is 5. The third kappa shape index (κ3) is 5.76. The highest BCUT2D eigenvalue weighted by molar-refractivity contribution is 8.00. The smallest absolute Gasteiger partial charge is 0.336 e. The molecule has 0 radical (unpaired) electrons. The van der Waals surface area contributed by atoms with Crippen LogP contribution >= 0.6 is 23.3 Å². The van der Waals surface area contributed by atoms with Crippen molar-refractivity contribution < 1.29 is 28.9 Å². The van der Waals surface area contributed by atoms with Gasteiger partial charge in [-0.1, -0.05) is 23.4 Å². The molecule has 3 N–H and O–H groups in total. The number of hydrogen-bond acceptors (Lipinski definition) is 13. The van der Waals surface area contributed by atoms with Crippen LogP contribution in [0.15, 0.2) is 71.5 Å². The lowest BCUT2D eigenvalue weighted by molar-refractivity contribution is -0.384. The molecule has 1 aromatic heterocycles. The number of nitro groups is 1. The maximum atomic E-state index is 13.1. The molecule has 0 aliphatic carbocycles. The number of nitrogens with one attached hydrogen (secondary N) is 1. The van der Waals surface area contributed by atoms with E-state index in [4.69, 9.17) is 15.3 Å². The van der Waals surface area contributed by atoms with Crippen LogP contribution in [0, 0.1) is 10.1 Å². The molecule has 1 unspecified atom stereocenters. The number of rotatable bonds is 9. The molecule has 16 heteroatoms. The number of fused-ring (bicyclic) bond motifs is 1. The van der Waals surface area contributed by atoms with Crippen molar-refractivity contribution in [3.05, 3.63) is 87.9 Å². The zero-order chi connectivity index (χ0) is 28.2. The zero-order valence-corrected chi connectivity index (χ0v) is 22.0. The first-order chi connectivity index (χ1) is 19.3. The maximum absolute atomic E-state index is 13.1.